The first-order valence-corrected chi connectivity index (χ1v) is 9.79. The Morgan fingerprint density at radius 3 is 2.11 bits per heavy atom. The number of carbonyl (C=O) groups is 2. The number of piperidine rings is 2. The van der Waals surface area contributed by atoms with Crippen molar-refractivity contribution < 1.29 is 18.7 Å². The number of hydrogen-bond acceptors (Lipinski definition) is 6. The van der Waals surface area contributed by atoms with Crippen LogP contribution in [-0.2, 0) is 9.53 Å². The summed E-state index contributed by atoms with van der Waals surface area (Å²) in [6, 6.07) is 0. The highest BCUT2D eigenvalue weighted by atomic mass is 16.6. The van der Waals surface area contributed by atoms with E-state index in [1.54, 1.807) is 11.8 Å². The predicted molar refractivity (Wildman–Crippen MR) is 98.1 cm³/mol. The Morgan fingerprint density at radius 2 is 1.59 bits per heavy atom. The molecule has 0 aliphatic carbocycles. The minimum Gasteiger partial charge on any atom is -0.444 e. The molecule has 150 valence electrons. The zero-order valence-corrected chi connectivity index (χ0v) is 16.7. The zero-order valence-electron chi connectivity index (χ0n) is 16.7. The average molecular weight is 378 g/mol. The highest BCUT2D eigenvalue weighted by molar-refractivity contribution is 5.79. The first kappa shape index (κ1) is 19.6. The van der Waals surface area contributed by atoms with Crippen molar-refractivity contribution in [3.05, 3.63) is 11.8 Å². The third-order valence-corrected chi connectivity index (χ3v) is 5.19. The van der Waals surface area contributed by atoms with Gasteiger partial charge in [0.1, 0.15) is 5.60 Å². The van der Waals surface area contributed by atoms with Gasteiger partial charge in [-0.25, -0.2) is 4.79 Å². The van der Waals surface area contributed by atoms with Crippen LogP contribution in [0.2, 0.25) is 0 Å². The number of nitrogens with zero attached hydrogens (tertiary/aromatic N) is 4. The molecule has 27 heavy (non-hydrogen) atoms. The van der Waals surface area contributed by atoms with Crippen LogP contribution in [0.4, 0.5) is 4.79 Å². The van der Waals surface area contributed by atoms with Crippen molar-refractivity contribution in [1.29, 1.82) is 0 Å². The summed E-state index contributed by atoms with van der Waals surface area (Å²) in [4.78, 5) is 28.7. The van der Waals surface area contributed by atoms with Crippen molar-refractivity contribution in [2.75, 3.05) is 26.2 Å². The van der Waals surface area contributed by atoms with Crippen LogP contribution in [0, 0.1) is 12.8 Å². The van der Waals surface area contributed by atoms with Gasteiger partial charge in [0.2, 0.25) is 17.7 Å². The fourth-order valence-electron chi connectivity index (χ4n) is 3.72. The molecule has 0 spiro atoms. The van der Waals surface area contributed by atoms with Crippen LogP contribution in [0.3, 0.4) is 0 Å². The first-order chi connectivity index (χ1) is 12.7. The van der Waals surface area contributed by atoms with Crippen LogP contribution in [0.25, 0.3) is 0 Å². The minimum atomic E-state index is -0.495. The molecule has 0 aromatic carbocycles. The molecule has 2 amide bonds. The van der Waals surface area contributed by atoms with Gasteiger partial charge < -0.3 is 19.0 Å². The smallest absolute Gasteiger partial charge is 0.410 e. The van der Waals surface area contributed by atoms with Gasteiger partial charge >= 0.3 is 6.09 Å². The zero-order chi connectivity index (χ0) is 19.6. The second-order valence-corrected chi connectivity index (χ2v) is 8.50. The summed E-state index contributed by atoms with van der Waals surface area (Å²) >= 11 is 0. The SMILES string of the molecule is Cc1nnc(C2CCN(C(=O)C3CCN(C(=O)OC(C)(C)C)CC3)CC2)o1. The van der Waals surface area contributed by atoms with Gasteiger partial charge in [-0.2, -0.15) is 0 Å². The van der Waals surface area contributed by atoms with E-state index in [0.29, 0.717) is 37.7 Å². The summed E-state index contributed by atoms with van der Waals surface area (Å²) in [5.74, 6) is 1.71. The largest absolute Gasteiger partial charge is 0.444 e. The molecule has 2 fully saturated rings. The van der Waals surface area contributed by atoms with E-state index in [1.165, 1.54) is 0 Å². The molecule has 8 nitrogen and oxygen atoms in total. The van der Waals surface area contributed by atoms with Gasteiger partial charge in [-0.1, -0.05) is 0 Å². The van der Waals surface area contributed by atoms with E-state index in [0.717, 1.165) is 25.9 Å². The van der Waals surface area contributed by atoms with Crippen LogP contribution in [-0.4, -0.2) is 63.8 Å². The van der Waals surface area contributed by atoms with Crippen molar-refractivity contribution in [2.45, 2.75) is 64.9 Å². The number of carbonyl (C=O) groups excluding carboxylic acids is 2. The number of likely N-dealkylation sites (tertiary alicyclic amines) is 2. The highest BCUT2D eigenvalue weighted by Gasteiger charge is 2.34. The molecule has 2 aliphatic heterocycles. The Hall–Kier alpha value is -2.12. The molecule has 1 aromatic heterocycles. The quantitative estimate of drug-likeness (QED) is 0.786. The molecule has 0 bridgehead atoms. The summed E-state index contributed by atoms with van der Waals surface area (Å²) in [5.41, 5.74) is -0.495. The molecule has 0 atom stereocenters. The summed E-state index contributed by atoms with van der Waals surface area (Å²) in [7, 11) is 0. The number of amides is 2. The van der Waals surface area contributed by atoms with E-state index in [9.17, 15) is 9.59 Å². The molecule has 0 saturated carbocycles. The summed E-state index contributed by atoms with van der Waals surface area (Å²) in [6.07, 6.45) is 2.81. The fourth-order valence-corrected chi connectivity index (χ4v) is 3.72. The van der Waals surface area contributed by atoms with Gasteiger partial charge in [0.25, 0.3) is 0 Å². The van der Waals surface area contributed by atoms with Crippen molar-refractivity contribution in [3.63, 3.8) is 0 Å². The number of hydrogen-bond donors (Lipinski definition) is 0. The van der Waals surface area contributed by atoms with Crippen molar-refractivity contribution >= 4 is 12.0 Å². The number of aryl methyl sites for hydroxylation is 1. The molecule has 8 heteroatoms. The van der Waals surface area contributed by atoms with E-state index in [-0.39, 0.29) is 23.8 Å². The monoisotopic (exact) mass is 378 g/mol. The lowest BCUT2D eigenvalue weighted by Gasteiger charge is -2.37. The van der Waals surface area contributed by atoms with Gasteiger partial charge in [-0.3, -0.25) is 4.79 Å². The maximum atomic E-state index is 12.8. The van der Waals surface area contributed by atoms with E-state index in [1.807, 2.05) is 25.7 Å². The highest BCUT2D eigenvalue weighted by Crippen LogP contribution is 2.29. The number of aromatic nitrogens is 2. The Bertz CT molecular complexity index is 665. The molecular formula is C19H30N4O4. The maximum Gasteiger partial charge on any atom is 0.410 e. The topological polar surface area (TPSA) is 88.8 Å². The lowest BCUT2D eigenvalue weighted by Crippen LogP contribution is -2.47. The molecule has 3 rings (SSSR count). The summed E-state index contributed by atoms with van der Waals surface area (Å²) in [5, 5.41) is 8.00. The average Bonchev–Trinajstić information content (AvgIpc) is 3.06. The van der Waals surface area contributed by atoms with Crippen LogP contribution >= 0.6 is 0 Å². The van der Waals surface area contributed by atoms with Crippen LogP contribution < -0.4 is 0 Å². The maximum absolute atomic E-state index is 12.8. The second kappa shape index (κ2) is 7.86. The van der Waals surface area contributed by atoms with Gasteiger partial charge in [-0.05, 0) is 46.5 Å². The van der Waals surface area contributed by atoms with E-state index >= 15 is 0 Å². The molecule has 3 heterocycles. The Balaban J connectivity index is 1.45. The summed E-state index contributed by atoms with van der Waals surface area (Å²) < 4.78 is 10.9. The Morgan fingerprint density at radius 1 is 1.00 bits per heavy atom. The lowest BCUT2D eigenvalue weighted by atomic mass is 9.92. The Labute approximate surface area is 160 Å². The van der Waals surface area contributed by atoms with Crippen LogP contribution in [0.15, 0.2) is 4.42 Å². The lowest BCUT2D eigenvalue weighted by molar-refractivity contribution is -0.138. The van der Waals surface area contributed by atoms with E-state index < -0.39 is 5.60 Å². The Kier molecular flexibility index (Phi) is 5.72. The van der Waals surface area contributed by atoms with Crippen LogP contribution in [0.5, 0.6) is 0 Å². The molecule has 0 N–H and O–H groups in total. The van der Waals surface area contributed by atoms with Crippen LogP contribution in [0.1, 0.15) is 64.2 Å². The predicted octanol–water partition coefficient (Wildman–Crippen LogP) is 2.73. The first-order valence-electron chi connectivity index (χ1n) is 9.79. The van der Waals surface area contributed by atoms with Gasteiger partial charge in [0.05, 0.1) is 0 Å². The van der Waals surface area contributed by atoms with Gasteiger partial charge in [-0.15, -0.1) is 10.2 Å². The fraction of sp³-hybridized carbons (Fsp3) is 0.789. The molecule has 0 unspecified atom stereocenters. The summed E-state index contributed by atoms with van der Waals surface area (Å²) in [6.45, 7) is 9.96. The molecule has 0 radical (unpaired) electrons. The van der Waals surface area contributed by atoms with Gasteiger partial charge in [0, 0.05) is 44.9 Å². The standard InChI is InChI=1S/C19H30N4O4/c1-13-20-21-16(26-13)14-5-9-22(10-6-14)17(24)15-7-11-23(12-8-15)18(25)27-19(2,3)4/h14-15H,5-12H2,1-4H3. The van der Waals surface area contributed by atoms with Crippen molar-refractivity contribution in [1.82, 2.24) is 20.0 Å². The van der Waals surface area contributed by atoms with E-state index in [2.05, 4.69) is 10.2 Å². The second-order valence-electron chi connectivity index (χ2n) is 8.50. The van der Waals surface area contributed by atoms with Crippen molar-refractivity contribution in [2.24, 2.45) is 5.92 Å². The number of rotatable bonds is 2. The van der Waals surface area contributed by atoms with Gasteiger partial charge in [0.15, 0.2) is 0 Å². The number of ether oxygens (including phenoxy) is 1. The van der Waals surface area contributed by atoms with E-state index in [4.69, 9.17) is 9.15 Å². The third kappa shape index (κ3) is 4.99. The molecule has 1 aromatic rings. The molecule has 2 saturated heterocycles. The normalized spacial score (nSPS) is 20.0. The molecular weight excluding hydrogens is 348 g/mol. The third-order valence-electron chi connectivity index (χ3n) is 5.19. The van der Waals surface area contributed by atoms with Crippen molar-refractivity contribution in [3.8, 4) is 0 Å². The minimum absolute atomic E-state index is 0.00844. The molecule has 2 aliphatic rings.